The minimum absolute atomic E-state index is 0.162. The molecule has 1 aliphatic heterocycles. The zero-order valence-corrected chi connectivity index (χ0v) is 9.01. The Morgan fingerprint density at radius 2 is 2.29 bits per heavy atom. The van der Waals surface area contributed by atoms with Gasteiger partial charge in [-0.05, 0) is 13.3 Å². The van der Waals surface area contributed by atoms with Gasteiger partial charge in [0, 0.05) is 19.7 Å². The highest BCUT2D eigenvalue weighted by Gasteiger charge is 2.26. The molecule has 0 saturated carbocycles. The Hall–Kier alpha value is -0.610. The molecule has 1 fully saturated rings. The van der Waals surface area contributed by atoms with E-state index in [1.807, 2.05) is 6.92 Å². The lowest BCUT2D eigenvalue weighted by Gasteiger charge is -2.28. The predicted molar refractivity (Wildman–Crippen MR) is 55.1 cm³/mol. The Balaban J connectivity index is 2.20. The molecule has 0 aromatic rings. The number of carbonyl (C=O) groups is 1. The third kappa shape index (κ3) is 3.27. The number of hydrogen-bond acceptors (Lipinski definition) is 3. The summed E-state index contributed by atoms with van der Waals surface area (Å²) in [5.74, 6) is 0.334. The Bertz CT molecular complexity index is 181. The van der Waals surface area contributed by atoms with Gasteiger partial charge in [0.05, 0.1) is 18.6 Å². The lowest BCUT2D eigenvalue weighted by Crippen LogP contribution is -2.53. The summed E-state index contributed by atoms with van der Waals surface area (Å²) in [7, 11) is 0. The number of hydrogen-bond donors (Lipinski definition) is 2. The van der Waals surface area contributed by atoms with Crippen LogP contribution in [0.1, 0.15) is 20.3 Å². The van der Waals surface area contributed by atoms with Crippen molar-refractivity contribution in [3.63, 3.8) is 0 Å². The number of ether oxygens (including phenoxy) is 1. The quantitative estimate of drug-likeness (QED) is 0.641. The molecule has 1 saturated heterocycles. The molecule has 4 heteroatoms. The molecule has 0 spiro atoms. The first-order valence-corrected chi connectivity index (χ1v) is 5.36. The lowest BCUT2D eigenvalue weighted by atomic mass is 10.0. The average Bonchev–Trinajstić information content (AvgIpc) is 2.09. The van der Waals surface area contributed by atoms with Gasteiger partial charge in [0.15, 0.2) is 0 Å². The van der Waals surface area contributed by atoms with Gasteiger partial charge in [0.2, 0.25) is 5.91 Å². The Morgan fingerprint density at radius 1 is 1.57 bits per heavy atom. The van der Waals surface area contributed by atoms with Crippen LogP contribution in [-0.4, -0.2) is 38.3 Å². The summed E-state index contributed by atoms with van der Waals surface area (Å²) in [6, 6.07) is 0.169. The van der Waals surface area contributed by atoms with Gasteiger partial charge >= 0.3 is 0 Å². The second-order valence-corrected chi connectivity index (χ2v) is 3.63. The second kappa shape index (κ2) is 5.98. The van der Waals surface area contributed by atoms with Crippen molar-refractivity contribution in [2.75, 3.05) is 26.3 Å². The van der Waals surface area contributed by atoms with Crippen LogP contribution in [0.2, 0.25) is 0 Å². The molecule has 1 heterocycles. The summed E-state index contributed by atoms with van der Waals surface area (Å²) in [5.41, 5.74) is 0. The average molecular weight is 200 g/mol. The maximum absolute atomic E-state index is 11.6. The van der Waals surface area contributed by atoms with Crippen LogP contribution in [0.3, 0.4) is 0 Å². The van der Waals surface area contributed by atoms with Gasteiger partial charge in [-0.1, -0.05) is 6.92 Å². The molecular weight excluding hydrogens is 180 g/mol. The maximum atomic E-state index is 11.6. The molecule has 0 aliphatic carbocycles. The Morgan fingerprint density at radius 3 is 2.71 bits per heavy atom. The molecule has 14 heavy (non-hydrogen) atoms. The molecule has 1 amide bonds. The molecule has 0 aromatic heterocycles. The molecule has 4 nitrogen and oxygen atoms in total. The fraction of sp³-hybridized carbons (Fsp3) is 0.900. The molecule has 0 radical (unpaired) electrons. The number of carbonyl (C=O) groups excluding carboxylic acids is 1. The van der Waals surface area contributed by atoms with Crippen molar-refractivity contribution in [3.05, 3.63) is 0 Å². The van der Waals surface area contributed by atoms with Crippen LogP contribution >= 0.6 is 0 Å². The van der Waals surface area contributed by atoms with E-state index in [4.69, 9.17) is 4.74 Å². The molecule has 2 N–H and O–H groups in total. The molecule has 1 atom stereocenters. The van der Waals surface area contributed by atoms with Crippen LogP contribution in [0.25, 0.3) is 0 Å². The minimum atomic E-state index is 0.162. The Labute approximate surface area is 85.4 Å². The smallest absolute Gasteiger partial charge is 0.225 e. The van der Waals surface area contributed by atoms with E-state index in [1.165, 1.54) is 0 Å². The van der Waals surface area contributed by atoms with Crippen molar-refractivity contribution in [2.24, 2.45) is 5.92 Å². The predicted octanol–water partition coefficient (Wildman–Crippen LogP) is 0.137. The van der Waals surface area contributed by atoms with Gasteiger partial charge < -0.3 is 15.4 Å². The van der Waals surface area contributed by atoms with Crippen LogP contribution in [0.4, 0.5) is 0 Å². The summed E-state index contributed by atoms with van der Waals surface area (Å²) in [4.78, 5) is 11.6. The molecule has 82 valence electrons. The first-order valence-electron chi connectivity index (χ1n) is 5.36. The number of nitrogens with one attached hydrogen (secondary N) is 2. The topological polar surface area (TPSA) is 50.4 Å². The SMILES string of the molecule is CCOC[C@H](CC)NC(=O)C1CNC1. The summed E-state index contributed by atoms with van der Waals surface area (Å²) in [6.45, 7) is 6.98. The second-order valence-electron chi connectivity index (χ2n) is 3.63. The van der Waals surface area contributed by atoms with Crippen molar-refractivity contribution < 1.29 is 9.53 Å². The third-order valence-corrected chi connectivity index (χ3v) is 2.51. The first-order chi connectivity index (χ1) is 6.77. The van der Waals surface area contributed by atoms with Crippen molar-refractivity contribution in [2.45, 2.75) is 26.3 Å². The number of amides is 1. The maximum Gasteiger partial charge on any atom is 0.225 e. The summed E-state index contributed by atoms with van der Waals surface area (Å²) in [6.07, 6.45) is 0.923. The van der Waals surface area contributed by atoms with Gasteiger partial charge in [0.25, 0.3) is 0 Å². The van der Waals surface area contributed by atoms with E-state index in [1.54, 1.807) is 0 Å². The highest BCUT2D eigenvalue weighted by molar-refractivity contribution is 5.80. The molecule has 1 aliphatic rings. The first kappa shape index (κ1) is 11.5. The normalized spacial score (nSPS) is 18.7. The van der Waals surface area contributed by atoms with E-state index in [0.29, 0.717) is 13.2 Å². The number of rotatable bonds is 6. The van der Waals surface area contributed by atoms with Crippen molar-refractivity contribution in [3.8, 4) is 0 Å². The zero-order chi connectivity index (χ0) is 10.4. The van der Waals surface area contributed by atoms with Crippen LogP contribution in [0, 0.1) is 5.92 Å². The minimum Gasteiger partial charge on any atom is -0.380 e. The fourth-order valence-corrected chi connectivity index (χ4v) is 1.31. The monoisotopic (exact) mass is 200 g/mol. The lowest BCUT2D eigenvalue weighted by molar-refractivity contribution is -0.127. The van der Waals surface area contributed by atoms with E-state index in [0.717, 1.165) is 19.5 Å². The Kier molecular flexibility index (Phi) is 4.90. The summed E-state index contributed by atoms with van der Waals surface area (Å²) < 4.78 is 5.29. The fourth-order valence-electron chi connectivity index (χ4n) is 1.31. The largest absolute Gasteiger partial charge is 0.380 e. The highest BCUT2D eigenvalue weighted by atomic mass is 16.5. The third-order valence-electron chi connectivity index (χ3n) is 2.51. The van der Waals surface area contributed by atoms with E-state index in [-0.39, 0.29) is 17.9 Å². The van der Waals surface area contributed by atoms with E-state index >= 15 is 0 Å². The van der Waals surface area contributed by atoms with Gasteiger partial charge in [-0.2, -0.15) is 0 Å². The molecular formula is C10H20N2O2. The van der Waals surface area contributed by atoms with E-state index < -0.39 is 0 Å². The van der Waals surface area contributed by atoms with Gasteiger partial charge in [-0.3, -0.25) is 4.79 Å². The van der Waals surface area contributed by atoms with Crippen LogP contribution in [0.15, 0.2) is 0 Å². The van der Waals surface area contributed by atoms with Gasteiger partial charge in [-0.25, -0.2) is 0 Å². The molecule has 0 bridgehead atoms. The van der Waals surface area contributed by atoms with Crippen LogP contribution in [0.5, 0.6) is 0 Å². The summed E-state index contributed by atoms with van der Waals surface area (Å²) >= 11 is 0. The van der Waals surface area contributed by atoms with Crippen LogP contribution in [-0.2, 0) is 9.53 Å². The van der Waals surface area contributed by atoms with E-state index in [2.05, 4.69) is 17.6 Å². The van der Waals surface area contributed by atoms with Crippen molar-refractivity contribution in [1.82, 2.24) is 10.6 Å². The highest BCUT2D eigenvalue weighted by Crippen LogP contribution is 2.03. The van der Waals surface area contributed by atoms with Crippen LogP contribution < -0.4 is 10.6 Å². The molecule has 1 rings (SSSR count). The van der Waals surface area contributed by atoms with E-state index in [9.17, 15) is 4.79 Å². The van der Waals surface area contributed by atoms with Crippen molar-refractivity contribution in [1.29, 1.82) is 0 Å². The van der Waals surface area contributed by atoms with Gasteiger partial charge in [-0.15, -0.1) is 0 Å². The zero-order valence-electron chi connectivity index (χ0n) is 9.01. The van der Waals surface area contributed by atoms with Crippen molar-refractivity contribution >= 4 is 5.91 Å². The standard InChI is InChI=1S/C10H20N2O2/c1-3-9(7-14-4-2)12-10(13)8-5-11-6-8/h8-9,11H,3-7H2,1-2H3,(H,12,13)/t9-/m0/s1. The van der Waals surface area contributed by atoms with Gasteiger partial charge in [0.1, 0.15) is 0 Å². The summed E-state index contributed by atoms with van der Waals surface area (Å²) in [5, 5.41) is 6.08. The molecule has 0 unspecified atom stereocenters. The molecule has 0 aromatic carbocycles.